The number of rotatable bonds is 11. The molecule has 1 aliphatic heterocycles. The van der Waals surface area contributed by atoms with E-state index in [1.165, 1.54) is 19.2 Å². The molecule has 10 nitrogen and oxygen atoms in total. The maximum atomic E-state index is 14.0. The Bertz CT molecular complexity index is 1510. The molecule has 0 saturated heterocycles. The number of ether oxygens (including phenoxy) is 4. The number of esters is 1. The number of carbonyl (C=O) groups is 2. The van der Waals surface area contributed by atoms with E-state index in [-0.39, 0.29) is 19.1 Å². The van der Waals surface area contributed by atoms with Gasteiger partial charge in [0.2, 0.25) is 0 Å². The molecule has 0 radical (unpaired) electrons. The van der Waals surface area contributed by atoms with E-state index in [0.29, 0.717) is 34.1 Å². The Kier molecular flexibility index (Phi) is 9.46. The summed E-state index contributed by atoms with van der Waals surface area (Å²) >= 11 is 0. The second-order valence-corrected chi connectivity index (χ2v) is 11.0. The van der Waals surface area contributed by atoms with E-state index in [9.17, 15) is 14.0 Å². The van der Waals surface area contributed by atoms with Crippen LogP contribution in [0.15, 0.2) is 48.5 Å². The zero-order valence-electron chi connectivity index (χ0n) is 25.2. The van der Waals surface area contributed by atoms with Gasteiger partial charge in [0.1, 0.15) is 54.0 Å². The number of halogens is 1. The third-order valence-corrected chi connectivity index (χ3v) is 7.19. The quantitative estimate of drug-likeness (QED) is 0.279. The Morgan fingerprint density at radius 1 is 1.09 bits per heavy atom. The van der Waals surface area contributed by atoms with Crippen LogP contribution < -0.4 is 30.2 Å². The lowest BCUT2D eigenvalue weighted by molar-refractivity contribution is -0.152. The number of aliphatic hydroxyl groups is 1. The minimum atomic E-state index is -1.11. The van der Waals surface area contributed by atoms with Gasteiger partial charge >= 0.3 is 5.97 Å². The smallest absolute Gasteiger partial charge is 0.325 e. The summed E-state index contributed by atoms with van der Waals surface area (Å²) in [6.45, 7) is 6.70. The van der Waals surface area contributed by atoms with Crippen LogP contribution in [0.2, 0.25) is 0 Å². The van der Waals surface area contributed by atoms with Crippen molar-refractivity contribution in [3.8, 4) is 28.4 Å². The van der Waals surface area contributed by atoms with Crippen LogP contribution in [0.1, 0.15) is 31.9 Å². The van der Waals surface area contributed by atoms with E-state index in [0.717, 1.165) is 16.8 Å². The lowest BCUT2D eigenvalue weighted by Crippen LogP contribution is -2.52. The van der Waals surface area contributed by atoms with E-state index < -0.39 is 36.1 Å². The molecule has 0 aromatic heterocycles. The van der Waals surface area contributed by atoms with Gasteiger partial charge in [-0.15, -0.1) is 0 Å². The number of nitrogens with one attached hydrogen (secondary N) is 1. The average molecular weight is 596 g/mol. The van der Waals surface area contributed by atoms with Crippen LogP contribution in [0.5, 0.6) is 17.2 Å². The molecule has 0 spiro atoms. The Balaban J connectivity index is 1.69. The van der Waals surface area contributed by atoms with Gasteiger partial charge in [-0.1, -0.05) is 12.1 Å². The molecule has 230 valence electrons. The van der Waals surface area contributed by atoms with Gasteiger partial charge in [-0.3, -0.25) is 9.59 Å². The largest absolute Gasteiger partial charge is 0.496 e. The number of aliphatic hydroxyl groups excluding tert-OH is 1. The van der Waals surface area contributed by atoms with Crippen LogP contribution in [-0.4, -0.2) is 62.0 Å². The highest BCUT2D eigenvalue weighted by Crippen LogP contribution is 2.45. The first kappa shape index (κ1) is 31.6. The summed E-state index contributed by atoms with van der Waals surface area (Å²) < 4.78 is 37.0. The van der Waals surface area contributed by atoms with Gasteiger partial charge < -0.3 is 40.0 Å². The van der Waals surface area contributed by atoms with Crippen molar-refractivity contribution >= 4 is 23.3 Å². The number of nitrogens with two attached hydrogens (primary N) is 1. The first-order valence-electron chi connectivity index (χ1n) is 13.9. The molecule has 0 aliphatic carbocycles. The fraction of sp³-hybridized carbons (Fsp3) is 0.375. The maximum absolute atomic E-state index is 14.0. The van der Waals surface area contributed by atoms with Gasteiger partial charge in [0.05, 0.1) is 25.1 Å². The molecule has 3 aromatic carbocycles. The summed E-state index contributed by atoms with van der Waals surface area (Å²) in [4.78, 5) is 26.7. The Hall–Kier alpha value is -4.35. The van der Waals surface area contributed by atoms with Crippen LogP contribution in [0, 0.1) is 12.7 Å². The van der Waals surface area contributed by atoms with Gasteiger partial charge in [-0.05, 0) is 63.1 Å². The number of methoxy groups -OCH3 is 1. The number of nitrogens with zero attached hydrogens (tertiary/aromatic N) is 1. The molecular weight excluding hydrogens is 557 g/mol. The molecule has 0 bridgehead atoms. The summed E-state index contributed by atoms with van der Waals surface area (Å²) in [5.41, 5.74) is 9.03. The number of aryl methyl sites for hydroxylation is 1. The number of carbonyl (C=O) groups excluding carboxylic acids is 2. The number of fused-ring (bicyclic) bond motifs is 1. The zero-order valence-corrected chi connectivity index (χ0v) is 25.2. The Morgan fingerprint density at radius 3 is 2.51 bits per heavy atom. The van der Waals surface area contributed by atoms with Crippen molar-refractivity contribution in [3.63, 3.8) is 0 Å². The highest BCUT2D eigenvalue weighted by Gasteiger charge is 2.38. The molecular formula is C32H38FN3O7. The molecule has 0 fully saturated rings. The number of hydrogen-bond acceptors (Lipinski definition) is 9. The molecule has 4 N–H and O–H groups in total. The third kappa shape index (κ3) is 6.84. The van der Waals surface area contributed by atoms with Gasteiger partial charge in [-0.2, -0.15) is 0 Å². The van der Waals surface area contributed by atoms with Gasteiger partial charge in [0.15, 0.2) is 0 Å². The van der Waals surface area contributed by atoms with E-state index in [1.807, 2.05) is 39.0 Å². The molecule has 3 aromatic rings. The molecule has 0 unspecified atom stereocenters. The highest BCUT2D eigenvalue weighted by atomic mass is 19.1. The van der Waals surface area contributed by atoms with Crippen molar-refractivity contribution in [2.75, 3.05) is 37.6 Å². The number of amides is 1. The minimum absolute atomic E-state index is 0.0444. The molecule has 0 saturated carbocycles. The number of hydrogen-bond donors (Lipinski definition) is 3. The van der Waals surface area contributed by atoms with Crippen molar-refractivity contribution in [1.82, 2.24) is 0 Å². The fourth-order valence-corrected chi connectivity index (χ4v) is 4.90. The predicted molar refractivity (Wildman–Crippen MR) is 161 cm³/mol. The molecule has 43 heavy (non-hydrogen) atoms. The molecule has 11 heteroatoms. The van der Waals surface area contributed by atoms with Gasteiger partial charge in [0.25, 0.3) is 5.91 Å². The molecule has 1 heterocycles. The average Bonchev–Trinajstić information content (AvgIpc) is 2.98. The second-order valence-electron chi connectivity index (χ2n) is 11.0. The summed E-state index contributed by atoms with van der Waals surface area (Å²) in [5, 5.41) is 12.4. The normalized spacial score (nSPS) is 15.2. The maximum Gasteiger partial charge on any atom is 0.325 e. The van der Waals surface area contributed by atoms with E-state index in [2.05, 4.69) is 5.32 Å². The van der Waals surface area contributed by atoms with E-state index >= 15 is 0 Å². The van der Waals surface area contributed by atoms with Gasteiger partial charge in [-0.25, -0.2) is 4.39 Å². The summed E-state index contributed by atoms with van der Waals surface area (Å²) in [6, 6.07) is 12.4. The monoisotopic (exact) mass is 595 g/mol. The number of benzene rings is 3. The van der Waals surface area contributed by atoms with Crippen LogP contribution >= 0.6 is 0 Å². The minimum Gasteiger partial charge on any atom is -0.496 e. The SMILES string of the molecule is COc1cc(OC[C@H](C)OC(=O)[C@@H](N)CO)ccc1-c1ccc2c(c1COc1cc(F)ccc1C)N(C)C(=O)C(C)(C)N2. The van der Waals surface area contributed by atoms with Crippen molar-refractivity contribution in [3.05, 3.63) is 65.5 Å². The van der Waals surface area contributed by atoms with Crippen LogP contribution in [0.25, 0.3) is 11.1 Å². The second kappa shape index (κ2) is 12.9. The lowest BCUT2D eigenvalue weighted by Gasteiger charge is -2.39. The van der Waals surface area contributed by atoms with Crippen molar-refractivity contribution < 1.29 is 38.0 Å². The van der Waals surface area contributed by atoms with Crippen LogP contribution in [0.3, 0.4) is 0 Å². The summed E-state index contributed by atoms with van der Waals surface area (Å²) in [5.74, 6) is 0.105. The number of anilines is 2. The zero-order chi connectivity index (χ0) is 31.5. The first-order valence-corrected chi connectivity index (χ1v) is 13.9. The van der Waals surface area contributed by atoms with E-state index in [1.54, 1.807) is 37.1 Å². The van der Waals surface area contributed by atoms with Crippen LogP contribution in [0.4, 0.5) is 15.8 Å². The highest BCUT2D eigenvalue weighted by molar-refractivity contribution is 6.08. The molecule has 4 rings (SSSR count). The Labute approximate surface area is 250 Å². The standard InChI is InChI=1S/C32H38FN3O7/c1-18-7-8-20(33)13-27(18)42-17-24-22(11-12-26-29(24)36(5)31(39)32(3,4)35-26)23-10-9-21(14-28(23)40-6)41-16-19(2)43-30(38)25(34)15-37/h7-14,19,25,35,37H,15-17,34H2,1-6H3/t19-,25-/m0/s1. The van der Waals surface area contributed by atoms with Crippen molar-refractivity contribution in [2.24, 2.45) is 5.73 Å². The first-order chi connectivity index (χ1) is 20.4. The number of likely N-dealkylation sites (N-methyl/N-ethyl adjacent to an activating group) is 1. The van der Waals surface area contributed by atoms with Gasteiger partial charge in [0, 0.05) is 30.3 Å². The lowest BCUT2D eigenvalue weighted by atomic mass is 9.91. The summed E-state index contributed by atoms with van der Waals surface area (Å²) in [7, 11) is 3.26. The fourth-order valence-electron chi connectivity index (χ4n) is 4.90. The predicted octanol–water partition coefficient (Wildman–Crippen LogP) is 4.19. The molecule has 2 atom stereocenters. The summed E-state index contributed by atoms with van der Waals surface area (Å²) in [6.07, 6.45) is -0.615. The third-order valence-electron chi connectivity index (χ3n) is 7.19. The topological polar surface area (TPSA) is 133 Å². The van der Waals surface area contributed by atoms with E-state index in [4.69, 9.17) is 29.8 Å². The van der Waals surface area contributed by atoms with Crippen molar-refractivity contribution in [1.29, 1.82) is 0 Å². The van der Waals surface area contributed by atoms with Crippen molar-refractivity contribution in [2.45, 2.75) is 52.0 Å². The molecule has 1 amide bonds. The molecule has 1 aliphatic rings. The Morgan fingerprint density at radius 2 is 1.81 bits per heavy atom. The van der Waals surface area contributed by atoms with Crippen LogP contribution in [-0.2, 0) is 20.9 Å².